The van der Waals surface area contributed by atoms with Gasteiger partial charge in [0.05, 0.1) is 10.6 Å². The molecule has 6 nitrogen and oxygen atoms in total. The van der Waals surface area contributed by atoms with Gasteiger partial charge in [-0.1, -0.05) is 17.7 Å². The Morgan fingerprint density at radius 2 is 1.77 bits per heavy atom. The number of primary amides is 1. The largest absolute Gasteiger partial charge is 0.482 e. The molecule has 0 bridgehead atoms. The maximum Gasteiger partial charge on any atom is 0.422 e. The quantitative estimate of drug-likeness (QED) is 0.795. The first-order chi connectivity index (χ1) is 12.0. The van der Waals surface area contributed by atoms with E-state index >= 15 is 0 Å². The van der Waals surface area contributed by atoms with Crippen LogP contribution in [0.1, 0.15) is 15.9 Å². The lowest BCUT2D eigenvalue weighted by Crippen LogP contribution is -2.21. The number of nitrogens with two attached hydrogens (primary N) is 1. The predicted octanol–water partition coefficient (Wildman–Crippen LogP) is 2.84. The number of amides is 1. The van der Waals surface area contributed by atoms with E-state index in [1.165, 1.54) is 12.1 Å². The Labute approximate surface area is 147 Å². The monoisotopic (exact) mass is 388 g/mol. The van der Waals surface area contributed by atoms with Crippen molar-refractivity contribution >= 4 is 21.6 Å². The molecular formula is C16H15F3N2O4S. The fraction of sp³-hybridized carbons (Fsp3) is 0.188. The van der Waals surface area contributed by atoms with E-state index in [1.807, 2.05) is 0 Å². The van der Waals surface area contributed by atoms with E-state index in [9.17, 15) is 26.4 Å². The molecule has 0 heterocycles. The number of nitrogens with one attached hydrogen (secondary N) is 1. The van der Waals surface area contributed by atoms with Crippen molar-refractivity contribution in [1.82, 2.24) is 0 Å². The molecule has 140 valence electrons. The third kappa shape index (κ3) is 5.12. The van der Waals surface area contributed by atoms with E-state index in [1.54, 1.807) is 19.1 Å². The molecule has 3 N–H and O–H groups in total. The van der Waals surface area contributed by atoms with Crippen LogP contribution >= 0.6 is 0 Å². The average molecular weight is 388 g/mol. The van der Waals surface area contributed by atoms with Crippen LogP contribution in [-0.2, 0) is 10.0 Å². The van der Waals surface area contributed by atoms with Crippen LogP contribution in [0.15, 0.2) is 47.4 Å². The van der Waals surface area contributed by atoms with Gasteiger partial charge in [0.25, 0.3) is 10.0 Å². The molecule has 0 spiro atoms. The number of ether oxygens (including phenoxy) is 1. The first kappa shape index (κ1) is 19.6. The summed E-state index contributed by atoms with van der Waals surface area (Å²) in [7, 11) is -4.11. The topological polar surface area (TPSA) is 98.5 Å². The Bertz CT molecular complexity index is 910. The number of alkyl halides is 3. The van der Waals surface area contributed by atoms with Crippen molar-refractivity contribution in [3.8, 4) is 5.75 Å². The lowest BCUT2D eigenvalue weighted by molar-refractivity contribution is -0.153. The molecule has 0 radical (unpaired) electrons. The molecule has 26 heavy (non-hydrogen) atoms. The van der Waals surface area contributed by atoms with E-state index in [2.05, 4.69) is 9.46 Å². The average Bonchev–Trinajstić information content (AvgIpc) is 2.52. The second-order valence-electron chi connectivity index (χ2n) is 5.40. The minimum absolute atomic E-state index is 0.0917. The van der Waals surface area contributed by atoms with Crippen LogP contribution in [0.25, 0.3) is 0 Å². The molecule has 0 aromatic heterocycles. The molecule has 0 atom stereocenters. The molecule has 1 amide bonds. The van der Waals surface area contributed by atoms with Crippen molar-refractivity contribution in [3.05, 3.63) is 53.6 Å². The summed E-state index contributed by atoms with van der Waals surface area (Å²) >= 11 is 0. The summed E-state index contributed by atoms with van der Waals surface area (Å²) in [6.07, 6.45) is -4.62. The highest BCUT2D eigenvalue weighted by Gasteiger charge is 2.29. The molecule has 2 aromatic rings. The van der Waals surface area contributed by atoms with Crippen LogP contribution in [0.3, 0.4) is 0 Å². The second kappa shape index (κ2) is 7.24. The summed E-state index contributed by atoms with van der Waals surface area (Å²) in [6.45, 7) is 0.144. The van der Waals surface area contributed by atoms with Crippen LogP contribution in [0, 0.1) is 6.92 Å². The Hall–Kier alpha value is -2.75. The Balaban J connectivity index is 2.39. The van der Waals surface area contributed by atoms with Gasteiger partial charge < -0.3 is 10.5 Å². The molecule has 0 unspecified atom stereocenters. The number of sulfonamides is 1. The lowest BCUT2D eigenvalue weighted by Gasteiger charge is -2.15. The minimum Gasteiger partial charge on any atom is -0.482 e. The maximum absolute atomic E-state index is 12.4. The minimum atomic E-state index is -4.62. The van der Waals surface area contributed by atoms with E-state index in [0.717, 1.165) is 23.8 Å². The summed E-state index contributed by atoms with van der Waals surface area (Å²) in [6, 6.07) is 9.00. The zero-order valence-corrected chi connectivity index (χ0v) is 14.3. The van der Waals surface area contributed by atoms with Gasteiger partial charge in [-0.2, -0.15) is 13.2 Å². The van der Waals surface area contributed by atoms with Crippen molar-refractivity contribution in [2.24, 2.45) is 5.73 Å². The van der Waals surface area contributed by atoms with Gasteiger partial charge in [0, 0.05) is 5.56 Å². The SMILES string of the molecule is Cc1ccc(S(=O)(=O)Nc2cc(C(N)=O)ccc2OCC(F)(F)F)cc1. The second-order valence-corrected chi connectivity index (χ2v) is 7.08. The number of hydrogen-bond acceptors (Lipinski definition) is 4. The first-order valence-electron chi connectivity index (χ1n) is 7.21. The van der Waals surface area contributed by atoms with Gasteiger partial charge in [-0.05, 0) is 37.3 Å². The number of carbonyl (C=O) groups is 1. The van der Waals surface area contributed by atoms with Crippen molar-refractivity contribution in [2.75, 3.05) is 11.3 Å². The van der Waals surface area contributed by atoms with Gasteiger partial charge in [0.15, 0.2) is 6.61 Å². The number of halogens is 3. The van der Waals surface area contributed by atoms with Crippen molar-refractivity contribution < 1.29 is 31.1 Å². The zero-order chi connectivity index (χ0) is 19.5. The number of rotatable bonds is 6. The molecule has 0 aliphatic rings. The molecule has 2 rings (SSSR count). The molecule has 0 aliphatic carbocycles. The number of aryl methyl sites for hydroxylation is 1. The Morgan fingerprint density at radius 3 is 2.31 bits per heavy atom. The van der Waals surface area contributed by atoms with Gasteiger partial charge in [0.1, 0.15) is 5.75 Å². The predicted molar refractivity (Wildman–Crippen MR) is 88.5 cm³/mol. The third-order valence-corrected chi connectivity index (χ3v) is 4.61. The molecule has 10 heteroatoms. The van der Waals surface area contributed by atoms with Gasteiger partial charge in [-0.15, -0.1) is 0 Å². The molecular weight excluding hydrogens is 373 g/mol. The van der Waals surface area contributed by atoms with E-state index in [-0.39, 0.29) is 21.9 Å². The first-order valence-corrected chi connectivity index (χ1v) is 8.69. The van der Waals surface area contributed by atoms with Gasteiger partial charge >= 0.3 is 6.18 Å². The van der Waals surface area contributed by atoms with Crippen LogP contribution in [0.2, 0.25) is 0 Å². The van der Waals surface area contributed by atoms with Crippen molar-refractivity contribution in [3.63, 3.8) is 0 Å². The van der Waals surface area contributed by atoms with Gasteiger partial charge in [-0.3, -0.25) is 9.52 Å². The Kier molecular flexibility index (Phi) is 5.45. The third-order valence-electron chi connectivity index (χ3n) is 3.23. The lowest BCUT2D eigenvalue weighted by atomic mass is 10.2. The molecule has 0 saturated carbocycles. The molecule has 2 aromatic carbocycles. The van der Waals surface area contributed by atoms with Gasteiger partial charge in [-0.25, -0.2) is 8.42 Å². The number of anilines is 1. The van der Waals surface area contributed by atoms with Crippen LogP contribution < -0.4 is 15.2 Å². The number of benzene rings is 2. The highest BCUT2D eigenvalue weighted by molar-refractivity contribution is 7.92. The fourth-order valence-electron chi connectivity index (χ4n) is 1.97. The summed E-state index contributed by atoms with van der Waals surface area (Å²) in [5.41, 5.74) is 5.54. The maximum atomic E-state index is 12.4. The standard InChI is InChI=1S/C16H15F3N2O4S/c1-10-2-5-12(6-3-10)26(23,24)21-13-8-11(15(20)22)4-7-14(13)25-9-16(17,18)19/h2-8,21H,9H2,1H3,(H2,20,22). The zero-order valence-electron chi connectivity index (χ0n) is 13.5. The summed E-state index contributed by atoms with van der Waals surface area (Å²) < 4.78 is 68.8. The molecule has 0 fully saturated rings. The normalized spacial score (nSPS) is 11.8. The van der Waals surface area contributed by atoms with Crippen molar-refractivity contribution in [2.45, 2.75) is 18.0 Å². The van der Waals surface area contributed by atoms with Crippen LogP contribution in [-0.4, -0.2) is 27.1 Å². The van der Waals surface area contributed by atoms with Crippen LogP contribution in [0.5, 0.6) is 5.75 Å². The van der Waals surface area contributed by atoms with E-state index in [0.29, 0.717) is 0 Å². The van der Waals surface area contributed by atoms with E-state index in [4.69, 9.17) is 5.73 Å². The van der Waals surface area contributed by atoms with E-state index < -0.39 is 28.7 Å². The number of carbonyl (C=O) groups excluding carboxylic acids is 1. The van der Waals surface area contributed by atoms with Crippen molar-refractivity contribution in [1.29, 1.82) is 0 Å². The highest BCUT2D eigenvalue weighted by Crippen LogP contribution is 2.30. The summed E-state index contributed by atoms with van der Waals surface area (Å²) in [5.74, 6) is -1.26. The Morgan fingerprint density at radius 1 is 1.15 bits per heavy atom. The number of hydrogen-bond donors (Lipinski definition) is 2. The fourth-order valence-corrected chi connectivity index (χ4v) is 3.03. The summed E-state index contributed by atoms with van der Waals surface area (Å²) in [5, 5.41) is 0. The molecule has 0 saturated heterocycles. The van der Waals surface area contributed by atoms with Gasteiger partial charge in [0.2, 0.25) is 5.91 Å². The van der Waals surface area contributed by atoms with Crippen LogP contribution in [0.4, 0.5) is 18.9 Å². The summed E-state index contributed by atoms with van der Waals surface area (Å²) in [4.78, 5) is 11.2. The smallest absolute Gasteiger partial charge is 0.422 e. The highest BCUT2D eigenvalue weighted by atomic mass is 32.2. The molecule has 0 aliphatic heterocycles.